The zero-order valence-corrected chi connectivity index (χ0v) is 16.2. The van der Waals surface area contributed by atoms with E-state index in [1.54, 1.807) is 12.1 Å². The summed E-state index contributed by atoms with van der Waals surface area (Å²) in [4.78, 5) is 1.98. The lowest BCUT2D eigenvalue weighted by atomic mass is 10.0. The third-order valence-electron chi connectivity index (χ3n) is 4.86. The minimum atomic E-state index is -3.70. The van der Waals surface area contributed by atoms with E-state index in [4.69, 9.17) is 4.42 Å². The maximum Gasteiger partial charge on any atom is 0.222 e. The zero-order chi connectivity index (χ0) is 19.9. The van der Waals surface area contributed by atoms with Crippen LogP contribution in [0.15, 0.2) is 45.9 Å². The Kier molecular flexibility index (Phi) is 4.84. The highest BCUT2D eigenvalue weighted by molar-refractivity contribution is 7.90. The van der Waals surface area contributed by atoms with Crippen LogP contribution in [-0.4, -0.2) is 40.9 Å². The Labute approximate surface area is 161 Å². The van der Waals surface area contributed by atoms with Crippen LogP contribution in [0.25, 0.3) is 11.0 Å². The predicted octanol–water partition coefficient (Wildman–Crippen LogP) is 3.11. The standard InChI is InChI=1S/C20H20F2N2O3S/c1-28(25,26)20-17(10-13-3-2-4-14(21)9-13)16-11-15(22)12-18(19(16)27-20)24-7-5-23-6-8-24/h2-4,9,11-12,23H,5-8,10H2,1H3. The van der Waals surface area contributed by atoms with Crippen LogP contribution < -0.4 is 10.2 Å². The average molecular weight is 406 g/mol. The highest BCUT2D eigenvalue weighted by atomic mass is 32.2. The summed E-state index contributed by atoms with van der Waals surface area (Å²) in [6.07, 6.45) is 1.18. The summed E-state index contributed by atoms with van der Waals surface area (Å²) < 4.78 is 58.6. The third kappa shape index (κ3) is 3.62. The minimum absolute atomic E-state index is 0.123. The fraction of sp³-hybridized carbons (Fsp3) is 0.300. The topological polar surface area (TPSA) is 62.6 Å². The van der Waals surface area contributed by atoms with Crippen molar-refractivity contribution in [3.05, 3.63) is 59.2 Å². The van der Waals surface area contributed by atoms with Crippen LogP contribution in [-0.2, 0) is 16.3 Å². The van der Waals surface area contributed by atoms with E-state index in [-0.39, 0.29) is 11.5 Å². The van der Waals surface area contributed by atoms with Gasteiger partial charge in [-0.25, -0.2) is 17.2 Å². The van der Waals surface area contributed by atoms with Gasteiger partial charge in [0.25, 0.3) is 0 Å². The normalized spacial score (nSPS) is 15.3. The maximum atomic E-state index is 14.4. The molecule has 0 amide bonds. The Balaban J connectivity index is 1.93. The highest BCUT2D eigenvalue weighted by Crippen LogP contribution is 2.37. The number of halogens is 2. The lowest BCUT2D eigenvalue weighted by molar-refractivity contribution is 0.476. The molecule has 0 bridgehead atoms. The van der Waals surface area contributed by atoms with Gasteiger partial charge in [-0.05, 0) is 23.8 Å². The van der Waals surface area contributed by atoms with Gasteiger partial charge in [0, 0.05) is 55.9 Å². The van der Waals surface area contributed by atoms with E-state index in [0.29, 0.717) is 40.9 Å². The van der Waals surface area contributed by atoms with Crippen LogP contribution in [0.1, 0.15) is 11.1 Å². The fourth-order valence-electron chi connectivity index (χ4n) is 3.63. The molecule has 1 fully saturated rings. The molecule has 3 aromatic rings. The molecule has 1 saturated heterocycles. The Hall–Kier alpha value is -2.45. The number of hydrogen-bond donors (Lipinski definition) is 1. The van der Waals surface area contributed by atoms with Crippen LogP contribution in [0.3, 0.4) is 0 Å². The summed E-state index contributed by atoms with van der Waals surface area (Å²) in [6, 6.07) is 8.56. The second-order valence-electron chi connectivity index (χ2n) is 6.99. The van der Waals surface area contributed by atoms with Gasteiger partial charge >= 0.3 is 0 Å². The number of fused-ring (bicyclic) bond motifs is 1. The molecule has 0 radical (unpaired) electrons. The number of piperazine rings is 1. The minimum Gasteiger partial charge on any atom is -0.442 e. The maximum absolute atomic E-state index is 14.4. The van der Waals surface area contributed by atoms with Gasteiger partial charge in [-0.3, -0.25) is 0 Å². The van der Waals surface area contributed by atoms with Crippen LogP contribution in [0.4, 0.5) is 14.5 Å². The van der Waals surface area contributed by atoms with Crippen molar-refractivity contribution < 1.29 is 21.6 Å². The first-order valence-corrected chi connectivity index (χ1v) is 10.9. The van der Waals surface area contributed by atoms with Crippen molar-refractivity contribution in [3.63, 3.8) is 0 Å². The van der Waals surface area contributed by atoms with E-state index in [0.717, 1.165) is 19.3 Å². The molecule has 1 aliphatic rings. The molecule has 0 saturated carbocycles. The Morgan fingerprint density at radius 2 is 1.86 bits per heavy atom. The fourth-order valence-corrected chi connectivity index (χ4v) is 4.50. The summed E-state index contributed by atoms with van der Waals surface area (Å²) >= 11 is 0. The Bertz CT molecular complexity index is 1140. The number of rotatable bonds is 4. The molecule has 1 aromatic heterocycles. The van der Waals surface area contributed by atoms with E-state index in [1.165, 1.54) is 24.3 Å². The van der Waals surface area contributed by atoms with Crippen LogP contribution in [0, 0.1) is 11.6 Å². The van der Waals surface area contributed by atoms with Crippen molar-refractivity contribution in [3.8, 4) is 0 Å². The van der Waals surface area contributed by atoms with Crippen molar-refractivity contribution in [2.45, 2.75) is 11.5 Å². The molecule has 1 aliphatic heterocycles. The van der Waals surface area contributed by atoms with Gasteiger partial charge in [-0.15, -0.1) is 0 Å². The lowest BCUT2D eigenvalue weighted by Crippen LogP contribution is -2.43. The van der Waals surface area contributed by atoms with Crippen LogP contribution in [0.2, 0.25) is 0 Å². The van der Waals surface area contributed by atoms with Gasteiger partial charge in [0.2, 0.25) is 14.9 Å². The second-order valence-corrected chi connectivity index (χ2v) is 8.90. The van der Waals surface area contributed by atoms with Crippen molar-refractivity contribution >= 4 is 26.5 Å². The molecule has 28 heavy (non-hydrogen) atoms. The summed E-state index contributed by atoms with van der Waals surface area (Å²) in [5.74, 6) is -0.888. The monoisotopic (exact) mass is 406 g/mol. The molecular weight excluding hydrogens is 386 g/mol. The van der Waals surface area contributed by atoms with E-state index in [1.807, 2.05) is 4.90 Å². The van der Waals surface area contributed by atoms with E-state index >= 15 is 0 Å². The highest BCUT2D eigenvalue weighted by Gasteiger charge is 2.26. The summed E-state index contributed by atoms with van der Waals surface area (Å²) in [6.45, 7) is 2.81. The molecular formula is C20H20F2N2O3S. The molecule has 4 rings (SSSR count). The third-order valence-corrected chi connectivity index (χ3v) is 5.87. The number of furan rings is 1. The molecule has 0 spiro atoms. The van der Waals surface area contributed by atoms with Gasteiger partial charge in [-0.2, -0.15) is 0 Å². The number of anilines is 1. The van der Waals surface area contributed by atoms with Crippen molar-refractivity contribution in [1.82, 2.24) is 5.32 Å². The Morgan fingerprint density at radius 3 is 2.54 bits per heavy atom. The second kappa shape index (κ2) is 7.18. The SMILES string of the molecule is CS(=O)(=O)c1oc2c(N3CCNCC3)cc(F)cc2c1Cc1cccc(F)c1. The Morgan fingerprint density at radius 1 is 1.11 bits per heavy atom. The summed E-state index contributed by atoms with van der Waals surface area (Å²) in [7, 11) is -3.70. The van der Waals surface area contributed by atoms with Crippen molar-refractivity contribution in [2.75, 3.05) is 37.3 Å². The van der Waals surface area contributed by atoms with Gasteiger partial charge in [0.05, 0.1) is 5.69 Å². The molecule has 8 heteroatoms. The van der Waals surface area contributed by atoms with Crippen molar-refractivity contribution in [2.24, 2.45) is 0 Å². The van der Waals surface area contributed by atoms with E-state index in [2.05, 4.69) is 5.32 Å². The molecule has 0 aliphatic carbocycles. The number of nitrogens with zero attached hydrogens (tertiary/aromatic N) is 1. The number of sulfone groups is 1. The number of hydrogen-bond acceptors (Lipinski definition) is 5. The number of benzene rings is 2. The van der Waals surface area contributed by atoms with E-state index in [9.17, 15) is 17.2 Å². The molecule has 2 heterocycles. The molecule has 0 unspecified atom stereocenters. The van der Waals surface area contributed by atoms with Gasteiger partial charge in [0.1, 0.15) is 11.6 Å². The number of nitrogens with one attached hydrogen (secondary N) is 1. The molecule has 5 nitrogen and oxygen atoms in total. The van der Waals surface area contributed by atoms with E-state index < -0.39 is 21.5 Å². The largest absolute Gasteiger partial charge is 0.442 e. The molecule has 0 atom stereocenters. The molecule has 1 N–H and O–H groups in total. The predicted molar refractivity (Wildman–Crippen MR) is 104 cm³/mol. The average Bonchev–Trinajstić information content (AvgIpc) is 3.00. The zero-order valence-electron chi connectivity index (χ0n) is 15.3. The van der Waals surface area contributed by atoms with Crippen molar-refractivity contribution in [1.29, 1.82) is 0 Å². The van der Waals surface area contributed by atoms with Crippen LogP contribution >= 0.6 is 0 Å². The summed E-state index contributed by atoms with van der Waals surface area (Å²) in [5.41, 5.74) is 1.81. The first-order chi connectivity index (χ1) is 13.3. The first kappa shape index (κ1) is 18.9. The van der Waals surface area contributed by atoms with Crippen LogP contribution in [0.5, 0.6) is 0 Å². The van der Waals surface area contributed by atoms with Gasteiger partial charge < -0.3 is 14.6 Å². The van der Waals surface area contributed by atoms with Gasteiger partial charge in [-0.1, -0.05) is 12.1 Å². The molecule has 148 valence electrons. The molecule has 2 aromatic carbocycles. The lowest BCUT2D eigenvalue weighted by Gasteiger charge is -2.29. The summed E-state index contributed by atoms with van der Waals surface area (Å²) in [5, 5.41) is 3.43. The first-order valence-electron chi connectivity index (χ1n) is 8.98. The quantitative estimate of drug-likeness (QED) is 0.721. The van der Waals surface area contributed by atoms with Gasteiger partial charge in [0.15, 0.2) is 5.58 Å². The smallest absolute Gasteiger partial charge is 0.222 e.